The highest BCUT2D eigenvalue weighted by molar-refractivity contribution is 7.18. The van der Waals surface area contributed by atoms with Gasteiger partial charge in [0.05, 0.1) is 16.0 Å². The molecule has 2 aliphatic heterocycles. The number of H-pyrrole nitrogens is 1. The molecule has 0 bridgehead atoms. The zero-order valence-corrected chi connectivity index (χ0v) is 18.7. The number of carbonyl (C=O) groups excluding carboxylic acids is 1. The minimum atomic E-state index is -0.245. The lowest BCUT2D eigenvalue weighted by atomic mass is 10.1. The molecule has 5 rings (SSSR count). The molecule has 0 saturated carbocycles. The van der Waals surface area contributed by atoms with Gasteiger partial charge < -0.3 is 19.4 Å². The second-order valence-corrected chi connectivity index (χ2v) is 9.28. The fourth-order valence-corrected chi connectivity index (χ4v) is 5.25. The molecule has 4 heterocycles. The third-order valence-corrected chi connectivity index (χ3v) is 7.06. The molecular formula is C22H20ClN3O4S. The summed E-state index contributed by atoms with van der Waals surface area (Å²) in [6, 6.07) is 3.48. The van der Waals surface area contributed by atoms with E-state index in [2.05, 4.69) is 9.97 Å². The Morgan fingerprint density at radius 1 is 1.26 bits per heavy atom. The lowest BCUT2D eigenvalue weighted by Gasteiger charge is -2.17. The van der Waals surface area contributed by atoms with Crippen LogP contribution in [0.15, 0.2) is 16.9 Å². The first-order chi connectivity index (χ1) is 14.9. The lowest BCUT2D eigenvalue weighted by molar-refractivity contribution is -0.123. The molecule has 0 spiro atoms. The van der Waals surface area contributed by atoms with E-state index >= 15 is 0 Å². The van der Waals surface area contributed by atoms with Gasteiger partial charge in [0.25, 0.3) is 11.5 Å². The Morgan fingerprint density at radius 2 is 2.03 bits per heavy atom. The molecule has 0 aliphatic carbocycles. The van der Waals surface area contributed by atoms with E-state index in [0.717, 1.165) is 23.3 Å². The molecular weight excluding hydrogens is 438 g/mol. The Balaban J connectivity index is 1.67. The van der Waals surface area contributed by atoms with Crippen LogP contribution in [0, 0.1) is 13.8 Å². The highest BCUT2D eigenvalue weighted by atomic mass is 35.5. The largest absolute Gasteiger partial charge is 0.454 e. The minimum Gasteiger partial charge on any atom is -0.454 e. The highest BCUT2D eigenvalue weighted by Gasteiger charge is 2.26. The molecule has 0 atom stereocenters. The summed E-state index contributed by atoms with van der Waals surface area (Å²) in [4.78, 5) is 37.2. The zero-order chi connectivity index (χ0) is 21.7. The number of nitrogens with one attached hydrogen (secondary N) is 1. The number of hydrogen-bond donors (Lipinski definition) is 1. The van der Waals surface area contributed by atoms with Gasteiger partial charge in [0.1, 0.15) is 10.7 Å². The Kier molecular flexibility index (Phi) is 4.98. The van der Waals surface area contributed by atoms with Crippen LogP contribution in [-0.2, 0) is 4.79 Å². The molecule has 1 amide bonds. The molecule has 1 fully saturated rings. The maximum Gasteiger partial charge on any atom is 0.260 e. The number of aromatic amines is 1. The first-order valence-electron chi connectivity index (χ1n) is 10.0. The molecule has 1 saturated heterocycles. The maximum absolute atomic E-state index is 13.4. The molecule has 3 aromatic rings. The van der Waals surface area contributed by atoms with Gasteiger partial charge in [0.15, 0.2) is 11.5 Å². The lowest BCUT2D eigenvalue weighted by Crippen LogP contribution is -2.29. The number of halogens is 1. The molecule has 2 aromatic heterocycles. The third kappa shape index (κ3) is 3.49. The second-order valence-electron chi connectivity index (χ2n) is 7.67. The van der Waals surface area contributed by atoms with Crippen LogP contribution in [0.25, 0.3) is 21.9 Å². The molecule has 1 N–H and O–H groups in total. The standard InChI is InChI=1S/C22H20ClN3O4S/c1-11-12(2)31-21-17(11)20(27)24-19(25-21)14(22(28)26-5-3-4-6-26)7-13-8-15(23)18-16(9-13)29-10-30-18/h7-9H,3-6,10H2,1-2H3,(H,24,25,27)/b14-7-. The monoisotopic (exact) mass is 457 g/mol. The number of ether oxygens (including phenoxy) is 2. The van der Waals surface area contributed by atoms with Crippen LogP contribution in [0.1, 0.15) is 34.7 Å². The molecule has 160 valence electrons. The van der Waals surface area contributed by atoms with E-state index in [1.807, 2.05) is 13.8 Å². The molecule has 7 nitrogen and oxygen atoms in total. The number of likely N-dealkylation sites (tertiary alicyclic amines) is 1. The van der Waals surface area contributed by atoms with Crippen molar-refractivity contribution >= 4 is 50.7 Å². The van der Waals surface area contributed by atoms with Crippen LogP contribution in [0.2, 0.25) is 5.02 Å². The van der Waals surface area contributed by atoms with E-state index in [1.54, 1.807) is 23.1 Å². The van der Waals surface area contributed by atoms with E-state index < -0.39 is 0 Å². The van der Waals surface area contributed by atoms with Crippen LogP contribution in [0.4, 0.5) is 0 Å². The van der Waals surface area contributed by atoms with Crippen LogP contribution >= 0.6 is 22.9 Å². The van der Waals surface area contributed by atoms with Crippen molar-refractivity contribution in [3.05, 3.63) is 49.3 Å². The molecule has 9 heteroatoms. The highest BCUT2D eigenvalue weighted by Crippen LogP contribution is 2.40. The molecule has 31 heavy (non-hydrogen) atoms. The van der Waals surface area contributed by atoms with Crippen molar-refractivity contribution in [1.29, 1.82) is 0 Å². The quantitative estimate of drug-likeness (QED) is 0.597. The van der Waals surface area contributed by atoms with Crippen molar-refractivity contribution in [2.24, 2.45) is 0 Å². The van der Waals surface area contributed by atoms with Gasteiger partial charge in [-0.25, -0.2) is 4.98 Å². The fraction of sp³-hybridized carbons (Fsp3) is 0.318. The number of aromatic nitrogens is 2. The molecule has 1 aromatic carbocycles. The number of benzene rings is 1. The van der Waals surface area contributed by atoms with E-state index in [1.165, 1.54) is 11.3 Å². The first-order valence-corrected chi connectivity index (χ1v) is 11.2. The van der Waals surface area contributed by atoms with E-state index in [0.29, 0.717) is 51.0 Å². The van der Waals surface area contributed by atoms with Gasteiger partial charge in [0, 0.05) is 18.0 Å². The van der Waals surface area contributed by atoms with Crippen LogP contribution in [0.3, 0.4) is 0 Å². The molecule has 2 aliphatic rings. The minimum absolute atomic E-state index is 0.102. The Hall–Kier alpha value is -2.84. The van der Waals surface area contributed by atoms with E-state index in [9.17, 15) is 9.59 Å². The summed E-state index contributed by atoms with van der Waals surface area (Å²) in [6.07, 6.45) is 3.62. The number of nitrogens with zero attached hydrogens (tertiary/aromatic N) is 2. The van der Waals surface area contributed by atoms with Crippen molar-refractivity contribution in [2.75, 3.05) is 19.9 Å². The number of hydrogen-bond acceptors (Lipinski definition) is 6. The molecule has 0 radical (unpaired) electrons. The molecule has 0 unspecified atom stereocenters. The second kappa shape index (κ2) is 7.69. The summed E-state index contributed by atoms with van der Waals surface area (Å²) in [7, 11) is 0. The van der Waals surface area contributed by atoms with Gasteiger partial charge in [-0.2, -0.15) is 0 Å². The normalized spacial score (nSPS) is 15.8. The fourth-order valence-electron chi connectivity index (χ4n) is 3.94. The average Bonchev–Trinajstić information content (AvgIpc) is 3.47. The number of carbonyl (C=O) groups is 1. The summed E-state index contributed by atoms with van der Waals surface area (Å²) in [6.45, 7) is 5.33. The summed E-state index contributed by atoms with van der Waals surface area (Å²) in [5.41, 5.74) is 1.66. The van der Waals surface area contributed by atoms with E-state index in [-0.39, 0.29) is 24.1 Å². The van der Waals surface area contributed by atoms with Gasteiger partial charge in [-0.05, 0) is 56.0 Å². The van der Waals surface area contributed by atoms with Gasteiger partial charge in [-0.3, -0.25) is 9.59 Å². The summed E-state index contributed by atoms with van der Waals surface area (Å²) in [5.74, 6) is 1.10. The maximum atomic E-state index is 13.4. The summed E-state index contributed by atoms with van der Waals surface area (Å²) < 4.78 is 10.8. The first kappa shape index (κ1) is 20.1. The van der Waals surface area contributed by atoms with Crippen molar-refractivity contribution in [3.8, 4) is 11.5 Å². The average molecular weight is 458 g/mol. The Bertz CT molecular complexity index is 1300. The van der Waals surface area contributed by atoms with Crippen molar-refractivity contribution in [2.45, 2.75) is 26.7 Å². The Labute approximate surface area is 187 Å². The summed E-state index contributed by atoms with van der Waals surface area (Å²) in [5, 5.41) is 0.973. The van der Waals surface area contributed by atoms with Gasteiger partial charge >= 0.3 is 0 Å². The van der Waals surface area contributed by atoms with Crippen LogP contribution in [0.5, 0.6) is 11.5 Å². The van der Waals surface area contributed by atoms with Crippen molar-refractivity contribution in [3.63, 3.8) is 0 Å². The predicted molar refractivity (Wildman–Crippen MR) is 121 cm³/mol. The number of rotatable bonds is 3. The predicted octanol–water partition coefficient (Wildman–Crippen LogP) is 4.15. The SMILES string of the molecule is Cc1sc2nc(/C(=C/c3cc(Cl)c4c(c3)OCO4)C(=O)N3CCCC3)[nH]c(=O)c2c1C. The van der Waals surface area contributed by atoms with Gasteiger partial charge in [0.2, 0.25) is 6.79 Å². The number of aryl methyl sites for hydroxylation is 2. The third-order valence-electron chi connectivity index (χ3n) is 5.68. The number of fused-ring (bicyclic) bond motifs is 2. The van der Waals surface area contributed by atoms with Crippen LogP contribution < -0.4 is 15.0 Å². The Morgan fingerprint density at radius 3 is 2.81 bits per heavy atom. The van der Waals surface area contributed by atoms with Crippen molar-refractivity contribution < 1.29 is 14.3 Å². The smallest absolute Gasteiger partial charge is 0.260 e. The van der Waals surface area contributed by atoms with Crippen LogP contribution in [-0.4, -0.2) is 40.7 Å². The topological polar surface area (TPSA) is 84.5 Å². The van der Waals surface area contributed by atoms with Crippen molar-refractivity contribution in [1.82, 2.24) is 14.9 Å². The number of thiophene rings is 1. The van der Waals surface area contributed by atoms with E-state index in [4.69, 9.17) is 21.1 Å². The summed E-state index contributed by atoms with van der Waals surface area (Å²) >= 11 is 7.79. The number of amides is 1. The van der Waals surface area contributed by atoms with Gasteiger partial charge in [-0.1, -0.05) is 11.6 Å². The van der Waals surface area contributed by atoms with Gasteiger partial charge in [-0.15, -0.1) is 11.3 Å². The zero-order valence-electron chi connectivity index (χ0n) is 17.1.